The molecule has 11 heteroatoms. The lowest BCUT2D eigenvalue weighted by molar-refractivity contribution is -0.0558. The topological polar surface area (TPSA) is 95.9 Å². The third-order valence-electron chi connectivity index (χ3n) is 1.82. The fourth-order valence-electron chi connectivity index (χ4n) is 0.941. The number of ether oxygens (including phenoxy) is 1. The van der Waals surface area contributed by atoms with Gasteiger partial charge in [-0.3, -0.25) is 4.18 Å². The van der Waals surface area contributed by atoms with Gasteiger partial charge in [0.15, 0.2) is 5.76 Å². The van der Waals surface area contributed by atoms with Crippen molar-refractivity contribution < 1.29 is 39.3 Å². The summed E-state index contributed by atoms with van der Waals surface area (Å²) in [5, 5.41) is 0. The normalized spacial score (nSPS) is 12.8. The Morgan fingerprint density at radius 1 is 1.21 bits per heavy atom. The SMILES string of the molecule is Cc1oc(=O)oc1COCCOS(=O)(=O)C(F)(F)F. The number of hydrogen-bond donors (Lipinski definition) is 0. The van der Waals surface area contributed by atoms with E-state index in [-0.39, 0.29) is 18.1 Å². The zero-order valence-electron chi connectivity index (χ0n) is 9.52. The quantitative estimate of drug-likeness (QED) is 0.438. The molecule has 0 amide bonds. The van der Waals surface area contributed by atoms with Gasteiger partial charge in [0.25, 0.3) is 0 Å². The van der Waals surface area contributed by atoms with Crippen LogP contribution in [0.3, 0.4) is 0 Å². The Morgan fingerprint density at radius 3 is 2.32 bits per heavy atom. The summed E-state index contributed by atoms with van der Waals surface area (Å²) in [5.74, 6) is -0.718. The molecule has 1 aromatic rings. The van der Waals surface area contributed by atoms with Gasteiger partial charge in [-0.15, -0.1) is 0 Å². The second-order valence-corrected chi connectivity index (χ2v) is 4.81. The predicted octanol–water partition coefficient (Wildman–Crippen LogP) is 0.924. The van der Waals surface area contributed by atoms with Crippen molar-refractivity contribution in [2.45, 2.75) is 19.0 Å². The lowest BCUT2D eigenvalue weighted by Gasteiger charge is -2.08. The van der Waals surface area contributed by atoms with Gasteiger partial charge in [0.1, 0.15) is 12.4 Å². The van der Waals surface area contributed by atoms with Crippen LogP contribution in [0.1, 0.15) is 11.5 Å². The van der Waals surface area contributed by atoms with Crippen LogP contribution < -0.4 is 5.82 Å². The number of alkyl halides is 3. The van der Waals surface area contributed by atoms with Gasteiger partial charge in [-0.05, 0) is 6.92 Å². The average molecular weight is 306 g/mol. The zero-order chi connectivity index (χ0) is 14.7. The average Bonchev–Trinajstić information content (AvgIpc) is 2.55. The Labute approximate surface area is 105 Å². The summed E-state index contributed by atoms with van der Waals surface area (Å²) in [6, 6.07) is 0. The third kappa shape index (κ3) is 4.36. The largest absolute Gasteiger partial charge is 0.523 e. The van der Waals surface area contributed by atoms with E-state index in [2.05, 4.69) is 13.0 Å². The molecule has 0 aliphatic carbocycles. The van der Waals surface area contributed by atoms with Gasteiger partial charge < -0.3 is 13.6 Å². The van der Waals surface area contributed by atoms with E-state index >= 15 is 0 Å². The van der Waals surface area contributed by atoms with E-state index in [0.29, 0.717) is 0 Å². The molecule has 0 unspecified atom stereocenters. The molecule has 7 nitrogen and oxygen atoms in total. The summed E-state index contributed by atoms with van der Waals surface area (Å²) in [4.78, 5) is 10.6. The fourth-order valence-corrected chi connectivity index (χ4v) is 1.36. The van der Waals surface area contributed by atoms with Crippen molar-refractivity contribution in [1.29, 1.82) is 0 Å². The Kier molecular flexibility index (Phi) is 4.76. The minimum Gasteiger partial charge on any atom is -0.396 e. The van der Waals surface area contributed by atoms with E-state index in [1.54, 1.807) is 0 Å². The number of hydrogen-bond acceptors (Lipinski definition) is 7. The van der Waals surface area contributed by atoms with E-state index < -0.39 is 34.7 Å². The molecule has 0 aromatic carbocycles. The van der Waals surface area contributed by atoms with Gasteiger partial charge in [0.05, 0.1) is 13.2 Å². The molecular weight excluding hydrogens is 297 g/mol. The van der Waals surface area contributed by atoms with Gasteiger partial charge in [0, 0.05) is 0 Å². The Morgan fingerprint density at radius 2 is 1.84 bits per heavy atom. The van der Waals surface area contributed by atoms with Crippen molar-refractivity contribution in [2.24, 2.45) is 0 Å². The van der Waals surface area contributed by atoms with Gasteiger partial charge >= 0.3 is 21.4 Å². The molecule has 1 rings (SSSR count). The highest BCUT2D eigenvalue weighted by atomic mass is 32.2. The van der Waals surface area contributed by atoms with Crippen LogP contribution in [-0.4, -0.2) is 27.1 Å². The van der Waals surface area contributed by atoms with Crippen LogP contribution in [-0.2, 0) is 25.6 Å². The van der Waals surface area contributed by atoms with Crippen molar-refractivity contribution in [3.8, 4) is 0 Å². The van der Waals surface area contributed by atoms with E-state index in [4.69, 9.17) is 4.74 Å². The summed E-state index contributed by atoms with van der Waals surface area (Å²) in [6.45, 7) is -0.0895. The number of rotatable bonds is 6. The minimum absolute atomic E-state index is 0.0590. The van der Waals surface area contributed by atoms with Crippen LogP contribution in [0.25, 0.3) is 0 Å². The second kappa shape index (κ2) is 5.75. The molecule has 0 atom stereocenters. The maximum Gasteiger partial charge on any atom is 0.523 e. The van der Waals surface area contributed by atoms with Crippen LogP contribution in [0.2, 0.25) is 0 Å². The van der Waals surface area contributed by atoms with Crippen LogP contribution in [0.15, 0.2) is 13.6 Å². The molecule has 1 heterocycles. The molecular formula is C8H9F3O7S. The fraction of sp³-hybridized carbons (Fsp3) is 0.625. The molecule has 0 saturated carbocycles. The van der Waals surface area contributed by atoms with Crippen molar-refractivity contribution in [1.82, 2.24) is 0 Å². The lowest BCUT2D eigenvalue weighted by atomic mass is 10.4. The molecule has 0 aliphatic heterocycles. The third-order valence-corrected chi connectivity index (χ3v) is 2.86. The molecule has 0 bridgehead atoms. The van der Waals surface area contributed by atoms with Crippen LogP contribution in [0.4, 0.5) is 13.2 Å². The first-order chi connectivity index (χ1) is 8.63. The molecule has 0 N–H and O–H groups in total. The standard InChI is InChI=1S/C8H9F3O7S/c1-5-6(18-7(12)17-5)4-15-2-3-16-19(13,14)8(9,10)11/h2-4H2,1H3. The lowest BCUT2D eigenvalue weighted by Crippen LogP contribution is -2.26. The van der Waals surface area contributed by atoms with Crippen molar-refractivity contribution in [2.75, 3.05) is 13.2 Å². The maximum absolute atomic E-state index is 11.8. The van der Waals surface area contributed by atoms with Crippen molar-refractivity contribution in [3.05, 3.63) is 22.1 Å². The summed E-state index contributed by atoms with van der Waals surface area (Å²) in [5.41, 5.74) is -5.47. The van der Waals surface area contributed by atoms with Gasteiger partial charge in [0.2, 0.25) is 0 Å². The predicted molar refractivity (Wildman–Crippen MR) is 52.6 cm³/mol. The molecule has 0 radical (unpaired) electrons. The Balaban J connectivity index is 2.33. The maximum atomic E-state index is 11.8. The van der Waals surface area contributed by atoms with Crippen molar-refractivity contribution in [3.63, 3.8) is 0 Å². The highest BCUT2D eigenvalue weighted by Gasteiger charge is 2.47. The molecule has 110 valence electrons. The highest BCUT2D eigenvalue weighted by molar-refractivity contribution is 7.87. The van der Waals surface area contributed by atoms with E-state index in [9.17, 15) is 26.4 Å². The first-order valence-electron chi connectivity index (χ1n) is 4.76. The summed E-state index contributed by atoms with van der Waals surface area (Å²) < 4.78 is 73.9. The van der Waals surface area contributed by atoms with E-state index in [0.717, 1.165) is 0 Å². The van der Waals surface area contributed by atoms with Gasteiger partial charge in [-0.2, -0.15) is 21.6 Å². The number of halogens is 3. The molecule has 0 spiro atoms. The molecule has 0 aliphatic rings. The highest BCUT2D eigenvalue weighted by Crippen LogP contribution is 2.24. The monoisotopic (exact) mass is 306 g/mol. The van der Waals surface area contributed by atoms with Crippen LogP contribution >= 0.6 is 0 Å². The summed E-state index contributed by atoms with van der Waals surface area (Å²) >= 11 is 0. The Hall–Kier alpha value is -1.33. The van der Waals surface area contributed by atoms with E-state index in [1.807, 2.05) is 0 Å². The van der Waals surface area contributed by atoms with Gasteiger partial charge in [-0.1, -0.05) is 0 Å². The van der Waals surface area contributed by atoms with Crippen molar-refractivity contribution >= 4 is 10.1 Å². The minimum atomic E-state index is -5.62. The second-order valence-electron chi connectivity index (χ2n) is 3.21. The van der Waals surface area contributed by atoms with Crippen LogP contribution in [0.5, 0.6) is 0 Å². The van der Waals surface area contributed by atoms with Gasteiger partial charge in [-0.25, -0.2) is 4.79 Å². The zero-order valence-corrected chi connectivity index (χ0v) is 10.3. The number of aryl methyl sites for hydroxylation is 1. The smallest absolute Gasteiger partial charge is 0.396 e. The summed E-state index contributed by atoms with van der Waals surface area (Å²) in [7, 11) is -5.62. The van der Waals surface area contributed by atoms with E-state index in [1.165, 1.54) is 6.92 Å². The van der Waals surface area contributed by atoms with Crippen LogP contribution in [0, 0.1) is 6.92 Å². The summed E-state index contributed by atoms with van der Waals surface area (Å²) in [6.07, 6.45) is 0. The Bertz CT molecular complexity index is 568. The molecule has 0 saturated heterocycles. The first-order valence-corrected chi connectivity index (χ1v) is 6.17. The molecule has 19 heavy (non-hydrogen) atoms. The molecule has 0 fully saturated rings. The molecule has 1 aromatic heterocycles. The first kappa shape index (κ1) is 15.7.